The molecule has 2 atom stereocenters. The lowest BCUT2D eigenvalue weighted by Gasteiger charge is -2.20. The summed E-state index contributed by atoms with van der Waals surface area (Å²) in [5, 5.41) is 7.98. The highest BCUT2D eigenvalue weighted by Gasteiger charge is 2.40. The second-order valence-electron chi connectivity index (χ2n) is 7.69. The van der Waals surface area contributed by atoms with Crippen LogP contribution in [0.15, 0.2) is 24.3 Å². The Balaban J connectivity index is 0.00000218. The number of hydrogen-bond donors (Lipinski definition) is 3. The van der Waals surface area contributed by atoms with Crippen molar-refractivity contribution in [1.29, 1.82) is 0 Å². The van der Waals surface area contributed by atoms with E-state index in [9.17, 15) is 9.59 Å². The molecular formula is C20H21Cl2N5O2S. The summed E-state index contributed by atoms with van der Waals surface area (Å²) in [7, 11) is 2.07. The molecule has 30 heavy (non-hydrogen) atoms. The number of carbonyl (C=O) groups is 2. The van der Waals surface area contributed by atoms with Crippen molar-refractivity contribution in [1.82, 2.24) is 25.5 Å². The molecule has 2 unspecified atom stereocenters. The minimum Gasteiger partial charge on any atom is -0.351 e. The number of aromatic amines is 1. The zero-order chi connectivity index (χ0) is 20.1. The van der Waals surface area contributed by atoms with Crippen LogP contribution in [0.3, 0.4) is 0 Å². The molecule has 3 aromatic rings. The standard InChI is InChI=1S/C20H20ClN5O2S.ClH/c1-26-5-4-13-17(9-26)29-20(25-13)19(28)24-15-8-14(15)23-18(27)16-7-10-6-11(21)2-3-12(10)22-16;/h2-3,6-7,14-15,22H,4-5,8-9H2,1H3,(H,23,27)(H,24,28);1H. The minimum atomic E-state index is -0.188. The summed E-state index contributed by atoms with van der Waals surface area (Å²) in [6.45, 7) is 1.81. The first-order chi connectivity index (χ1) is 14.0. The maximum atomic E-state index is 12.5. The quantitative estimate of drug-likeness (QED) is 0.552. The summed E-state index contributed by atoms with van der Waals surface area (Å²) in [4.78, 5) is 36.1. The molecule has 158 valence electrons. The Hall–Kier alpha value is -2.13. The molecule has 7 nitrogen and oxygen atoms in total. The third-order valence-corrected chi connectivity index (χ3v) is 6.68. The normalized spacial score (nSPS) is 20.3. The highest BCUT2D eigenvalue weighted by atomic mass is 35.5. The molecule has 3 heterocycles. The highest BCUT2D eigenvalue weighted by Crippen LogP contribution is 2.27. The molecule has 2 amide bonds. The van der Waals surface area contributed by atoms with E-state index in [0.717, 1.165) is 42.5 Å². The van der Waals surface area contributed by atoms with Crippen molar-refractivity contribution in [3.05, 3.63) is 50.6 Å². The van der Waals surface area contributed by atoms with E-state index in [1.54, 1.807) is 12.1 Å². The fourth-order valence-electron chi connectivity index (χ4n) is 3.64. The van der Waals surface area contributed by atoms with Crippen molar-refractivity contribution < 1.29 is 9.59 Å². The summed E-state index contributed by atoms with van der Waals surface area (Å²) in [5.74, 6) is -0.346. The number of rotatable bonds is 4. The number of amides is 2. The third-order valence-electron chi connectivity index (χ3n) is 5.37. The molecular weight excluding hydrogens is 445 g/mol. The molecule has 2 aromatic heterocycles. The van der Waals surface area contributed by atoms with Gasteiger partial charge in [0.15, 0.2) is 5.01 Å². The van der Waals surface area contributed by atoms with Crippen LogP contribution in [0, 0.1) is 0 Å². The average molecular weight is 466 g/mol. The van der Waals surface area contributed by atoms with Crippen LogP contribution >= 0.6 is 35.3 Å². The van der Waals surface area contributed by atoms with E-state index >= 15 is 0 Å². The van der Waals surface area contributed by atoms with Gasteiger partial charge in [0.2, 0.25) is 0 Å². The number of benzene rings is 1. The van der Waals surface area contributed by atoms with Crippen LogP contribution in [0.1, 0.15) is 37.3 Å². The Bertz CT molecular complexity index is 1130. The number of halogens is 2. The number of thiazole rings is 1. The molecule has 1 saturated carbocycles. The molecule has 0 radical (unpaired) electrons. The predicted octanol–water partition coefficient (Wildman–Crippen LogP) is 2.99. The maximum absolute atomic E-state index is 12.5. The second-order valence-corrected chi connectivity index (χ2v) is 9.21. The van der Waals surface area contributed by atoms with Crippen LogP contribution < -0.4 is 10.6 Å². The lowest BCUT2D eigenvalue weighted by molar-refractivity contribution is 0.0924. The molecule has 10 heteroatoms. The van der Waals surface area contributed by atoms with Gasteiger partial charge in [0.25, 0.3) is 11.8 Å². The molecule has 1 aromatic carbocycles. The van der Waals surface area contributed by atoms with Gasteiger partial charge in [0.05, 0.1) is 17.8 Å². The van der Waals surface area contributed by atoms with Crippen molar-refractivity contribution in [3.8, 4) is 0 Å². The number of likely N-dealkylation sites (N-methyl/N-ethyl adjacent to an activating group) is 1. The zero-order valence-electron chi connectivity index (χ0n) is 16.2. The van der Waals surface area contributed by atoms with Gasteiger partial charge in [0.1, 0.15) is 5.69 Å². The third kappa shape index (κ3) is 4.18. The lowest BCUT2D eigenvalue weighted by Crippen LogP contribution is -2.34. The number of nitrogens with zero attached hydrogens (tertiary/aromatic N) is 2. The molecule has 0 bridgehead atoms. The zero-order valence-corrected chi connectivity index (χ0v) is 18.6. The van der Waals surface area contributed by atoms with Gasteiger partial charge in [-0.05, 0) is 37.7 Å². The van der Waals surface area contributed by atoms with Crippen LogP contribution in [-0.2, 0) is 13.0 Å². The highest BCUT2D eigenvalue weighted by molar-refractivity contribution is 7.13. The number of aromatic nitrogens is 2. The van der Waals surface area contributed by atoms with Crippen LogP contribution in [0.4, 0.5) is 0 Å². The number of hydrogen-bond acceptors (Lipinski definition) is 5. The molecule has 0 spiro atoms. The van der Waals surface area contributed by atoms with Gasteiger partial charge in [-0.25, -0.2) is 4.98 Å². The van der Waals surface area contributed by atoms with E-state index in [0.29, 0.717) is 15.7 Å². The SMILES string of the molecule is CN1CCc2nc(C(=O)NC3CC3NC(=O)c3cc4cc(Cl)ccc4[nH]3)sc2C1.Cl. The van der Waals surface area contributed by atoms with Gasteiger partial charge < -0.3 is 20.5 Å². The Labute approximate surface area is 188 Å². The van der Waals surface area contributed by atoms with Crippen LogP contribution in [-0.4, -0.2) is 52.4 Å². The van der Waals surface area contributed by atoms with Crippen molar-refractivity contribution >= 4 is 58.1 Å². The molecule has 5 rings (SSSR count). The molecule has 1 aliphatic carbocycles. The van der Waals surface area contributed by atoms with Crippen LogP contribution in [0.25, 0.3) is 10.9 Å². The van der Waals surface area contributed by atoms with Gasteiger partial charge in [-0.2, -0.15) is 0 Å². The fourth-order valence-corrected chi connectivity index (χ4v) is 4.91. The molecule has 3 N–H and O–H groups in total. The van der Waals surface area contributed by atoms with Gasteiger partial charge >= 0.3 is 0 Å². The summed E-state index contributed by atoms with van der Waals surface area (Å²) < 4.78 is 0. The summed E-state index contributed by atoms with van der Waals surface area (Å²) in [5.41, 5.74) is 2.38. The Morgan fingerprint density at radius 1 is 1.23 bits per heavy atom. The first-order valence-corrected chi connectivity index (χ1v) is 10.7. The predicted molar refractivity (Wildman–Crippen MR) is 120 cm³/mol. The van der Waals surface area contributed by atoms with E-state index < -0.39 is 0 Å². The molecule has 2 aliphatic rings. The smallest absolute Gasteiger partial charge is 0.280 e. The maximum Gasteiger partial charge on any atom is 0.280 e. The van der Waals surface area contributed by atoms with Gasteiger partial charge in [-0.3, -0.25) is 9.59 Å². The second kappa shape index (κ2) is 8.19. The van der Waals surface area contributed by atoms with Crippen molar-refractivity contribution in [2.75, 3.05) is 13.6 Å². The van der Waals surface area contributed by atoms with E-state index in [1.807, 2.05) is 12.1 Å². The Morgan fingerprint density at radius 2 is 2.00 bits per heavy atom. The monoisotopic (exact) mass is 465 g/mol. The lowest BCUT2D eigenvalue weighted by atomic mass is 10.2. The number of carbonyl (C=O) groups excluding carboxylic acids is 2. The molecule has 0 saturated heterocycles. The van der Waals surface area contributed by atoms with Crippen molar-refractivity contribution in [3.63, 3.8) is 0 Å². The van der Waals surface area contributed by atoms with Gasteiger partial charge in [0, 0.05) is 40.3 Å². The van der Waals surface area contributed by atoms with E-state index in [2.05, 4.69) is 32.5 Å². The topological polar surface area (TPSA) is 90.1 Å². The molecule has 1 aliphatic heterocycles. The van der Waals surface area contributed by atoms with Crippen molar-refractivity contribution in [2.45, 2.75) is 31.5 Å². The largest absolute Gasteiger partial charge is 0.351 e. The summed E-state index contributed by atoms with van der Waals surface area (Å²) in [6.07, 6.45) is 1.60. The molecule has 1 fully saturated rings. The first kappa shape index (κ1) is 21.1. The van der Waals surface area contributed by atoms with Crippen molar-refractivity contribution in [2.24, 2.45) is 0 Å². The number of H-pyrrole nitrogens is 1. The van der Waals surface area contributed by atoms with E-state index in [-0.39, 0.29) is 36.3 Å². The first-order valence-electron chi connectivity index (χ1n) is 9.53. The summed E-state index contributed by atoms with van der Waals surface area (Å²) >= 11 is 7.46. The fraction of sp³-hybridized carbons (Fsp3) is 0.350. The van der Waals surface area contributed by atoms with Gasteiger partial charge in [-0.1, -0.05) is 11.6 Å². The van der Waals surface area contributed by atoms with Crippen LogP contribution in [0.5, 0.6) is 0 Å². The Morgan fingerprint density at radius 3 is 2.80 bits per heavy atom. The number of fused-ring (bicyclic) bond motifs is 2. The van der Waals surface area contributed by atoms with E-state index in [1.165, 1.54) is 16.2 Å². The number of nitrogens with one attached hydrogen (secondary N) is 3. The van der Waals surface area contributed by atoms with Gasteiger partial charge in [-0.15, -0.1) is 23.7 Å². The Kier molecular flexibility index (Phi) is 5.76. The average Bonchev–Trinajstić information content (AvgIpc) is 3.09. The minimum absolute atomic E-state index is 0. The van der Waals surface area contributed by atoms with Crippen LogP contribution in [0.2, 0.25) is 5.02 Å². The van der Waals surface area contributed by atoms with E-state index in [4.69, 9.17) is 11.6 Å². The summed E-state index contributed by atoms with van der Waals surface area (Å²) in [6, 6.07) is 7.10.